The number of amides is 1. The summed E-state index contributed by atoms with van der Waals surface area (Å²) in [5, 5.41) is 10.5. The van der Waals surface area contributed by atoms with Crippen LogP contribution in [-0.4, -0.2) is 38.1 Å². The van der Waals surface area contributed by atoms with E-state index in [0.717, 1.165) is 17.9 Å². The molecule has 8 nitrogen and oxygen atoms in total. The monoisotopic (exact) mass is 508 g/mol. The van der Waals surface area contributed by atoms with Crippen molar-refractivity contribution in [3.8, 4) is 5.75 Å². The Bertz CT molecular complexity index is 1290. The molecule has 2 aromatic heterocycles. The molecule has 0 unspecified atom stereocenters. The van der Waals surface area contributed by atoms with Crippen molar-refractivity contribution in [2.45, 2.75) is 13.0 Å². The molecule has 2 N–H and O–H groups in total. The smallest absolute Gasteiger partial charge is 0.246 e. The van der Waals surface area contributed by atoms with E-state index in [2.05, 4.69) is 25.7 Å². The second-order valence-electron chi connectivity index (χ2n) is 6.97. The quantitative estimate of drug-likeness (QED) is 0.246. The molecule has 0 bridgehead atoms. The van der Waals surface area contributed by atoms with E-state index in [1.54, 1.807) is 12.3 Å². The third-order valence-electron chi connectivity index (χ3n) is 4.57. The van der Waals surface area contributed by atoms with Gasteiger partial charge in [0.1, 0.15) is 24.4 Å². The lowest BCUT2D eigenvalue weighted by Gasteiger charge is -2.09. The first-order valence-electron chi connectivity index (χ1n) is 10.0. The lowest BCUT2D eigenvalue weighted by atomic mass is 10.2. The molecule has 4 aromatic rings. The fourth-order valence-corrected chi connectivity index (χ4v) is 3.15. The molecule has 34 heavy (non-hydrogen) atoms. The van der Waals surface area contributed by atoms with E-state index < -0.39 is 17.5 Å². The van der Waals surface area contributed by atoms with E-state index in [-0.39, 0.29) is 24.6 Å². The number of carbonyl (C=O) groups is 1. The third-order valence-corrected chi connectivity index (χ3v) is 4.84. The van der Waals surface area contributed by atoms with Gasteiger partial charge in [-0.05, 0) is 30.7 Å². The summed E-state index contributed by atoms with van der Waals surface area (Å²) < 4.78 is 34.0. The molecule has 0 aliphatic rings. The van der Waals surface area contributed by atoms with Gasteiger partial charge in [0, 0.05) is 29.6 Å². The van der Waals surface area contributed by atoms with E-state index in [1.165, 1.54) is 23.1 Å². The number of hydrogen-bond donors (Lipinski definition) is 2. The van der Waals surface area contributed by atoms with Crippen LogP contribution >= 0.6 is 24.0 Å². The van der Waals surface area contributed by atoms with E-state index in [0.29, 0.717) is 35.4 Å². The Balaban J connectivity index is 0.00000324. The van der Waals surface area contributed by atoms with Gasteiger partial charge in [0.05, 0.1) is 17.8 Å². The molecule has 0 aliphatic carbocycles. The highest BCUT2D eigenvalue weighted by Gasteiger charge is 2.12. The number of carbonyl (C=O) groups excluding carboxylic acids is 1. The minimum atomic E-state index is -1.11. The highest BCUT2D eigenvalue weighted by molar-refractivity contribution is 6.17. The van der Waals surface area contributed by atoms with Gasteiger partial charge in [0.25, 0.3) is 0 Å². The van der Waals surface area contributed by atoms with Gasteiger partial charge in [-0.1, -0.05) is 6.07 Å². The first-order valence-corrected chi connectivity index (χ1v) is 10.5. The van der Waals surface area contributed by atoms with Crippen molar-refractivity contribution in [3.63, 3.8) is 0 Å². The van der Waals surface area contributed by atoms with Gasteiger partial charge >= 0.3 is 0 Å². The maximum Gasteiger partial charge on any atom is 0.246 e. The number of hydrogen-bond acceptors (Lipinski definition) is 6. The molecule has 0 aliphatic heterocycles. The Morgan fingerprint density at radius 2 is 2.00 bits per heavy atom. The predicted molar refractivity (Wildman–Crippen MR) is 128 cm³/mol. The summed E-state index contributed by atoms with van der Waals surface area (Å²) in [4.78, 5) is 20.7. The van der Waals surface area contributed by atoms with Gasteiger partial charge in [-0.2, -0.15) is 5.10 Å². The molecule has 0 fully saturated rings. The zero-order valence-electron chi connectivity index (χ0n) is 17.7. The Morgan fingerprint density at radius 1 is 1.15 bits per heavy atom. The lowest BCUT2D eigenvalue weighted by molar-refractivity contribution is -0.116. The van der Waals surface area contributed by atoms with Crippen LogP contribution < -0.4 is 15.4 Å². The molecule has 178 valence electrons. The minimum absolute atomic E-state index is 0. The number of anilines is 3. The van der Waals surface area contributed by atoms with E-state index in [9.17, 15) is 13.6 Å². The molecular formula is C22H20Cl2F2N6O2. The molecule has 0 radical (unpaired) electrons. The van der Waals surface area contributed by atoms with Crippen LogP contribution in [0.4, 0.5) is 26.1 Å². The molecule has 2 heterocycles. The maximum atomic E-state index is 13.7. The molecule has 1 amide bonds. The van der Waals surface area contributed by atoms with E-state index in [1.807, 2.05) is 18.2 Å². The van der Waals surface area contributed by atoms with E-state index in [4.69, 9.17) is 16.3 Å². The first-order chi connectivity index (χ1) is 16.0. The Morgan fingerprint density at radius 3 is 2.82 bits per heavy atom. The Kier molecular flexibility index (Phi) is 8.55. The topological polar surface area (TPSA) is 94.0 Å². The third kappa shape index (κ3) is 6.09. The molecule has 0 spiro atoms. The van der Waals surface area contributed by atoms with Gasteiger partial charge in [-0.15, -0.1) is 24.0 Å². The van der Waals surface area contributed by atoms with Gasteiger partial charge in [0.2, 0.25) is 5.91 Å². The van der Waals surface area contributed by atoms with Crippen LogP contribution in [0, 0.1) is 11.6 Å². The van der Waals surface area contributed by atoms with Gasteiger partial charge < -0.3 is 15.4 Å². The zero-order valence-corrected chi connectivity index (χ0v) is 19.2. The number of benzene rings is 2. The fourth-order valence-electron chi connectivity index (χ4n) is 3.05. The predicted octanol–water partition coefficient (Wildman–Crippen LogP) is 4.92. The number of aromatic nitrogens is 4. The maximum absolute atomic E-state index is 13.7. The summed E-state index contributed by atoms with van der Waals surface area (Å²) in [5.74, 6) is -0.516. The van der Waals surface area contributed by atoms with Crippen molar-refractivity contribution >= 4 is 58.1 Å². The van der Waals surface area contributed by atoms with Gasteiger partial charge in [0.15, 0.2) is 17.5 Å². The van der Waals surface area contributed by atoms with Crippen molar-refractivity contribution in [2.24, 2.45) is 0 Å². The minimum Gasteiger partial charge on any atom is -0.493 e. The van der Waals surface area contributed by atoms with Crippen LogP contribution in [-0.2, 0) is 11.3 Å². The Hall–Kier alpha value is -3.50. The van der Waals surface area contributed by atoms with Crippen molar-refractivity contribution in [2.75, 3.05) is 23.1 Å². The summed E-state index contributed by atoms with van der Waals surface area (Å²) in [6, 6.07) is 10.7. The molecule has 12 heteroatoms. The molecule has 0 atom stereocenters. The highest BCUT2D eigenvalue weighted by atomic mass is 35.5. The first kappa shape index (κ1) is 25.1. The summed E-state index contributed by atoms with van der Waals surface area (Å²) in [6.45, 7) is 0.327. The van der Waals surface area contributed by atoms with Crippen LogP contribution in [0.25, 0.3) is 10.9 Å². The number of nitrogens with one attached hydrogen (secondary N) is 2. The standard InChI is InChI=1S/C22H19ClF2N6O2.ClH/c23-8-2-10-33-14-5-6-15-18(11-14)26-13-27-22(15)29-19-7-9-31(30-19)12-20(32)28-17-4-1-3-16(24)21(17)25;/h1,3-7,9,11,13H,2,8,10,12H2,(H,28,32)(H,26,27,29,30);1H. The van der Waals surface area contributed by atoms with Crippen molar-refractivity contribution in [1.82, 2.24) is 19.7 Å². The van der Waals surface area contributed by atoms with Crippen molar-refractivity contribution < 1.29 is 18.3 Å². The summed E-state index contributed by atoms with van der Waals surface area (Å²) in [7, 11) is 0. The normalized spacial score (nSPS) is 10.6. The van der Waals surface area contributed by atoms with Crippen LogP contribution in [0.1, 0.15) is 6.42 Å². The number of rotatable bonds is 9. The van der Waals surface area contributed by atoms with E-state index >= 15 is 0 Å². The number of alkyl halides is 1. The van der Waals surface area contributed by atoms with Gasteiger partial charge in [-0.25, -0.2) is 18.7 Å². The molecular weight excluding hydrogens is 489 g/mol. The number of ether oxygens (including phenoxy) is 1. The average molecular weight is 509 g/mol. The molecule has 2 aromatic carbocycles. The molecule has 4 rings (SSSR count). The second kappa shape index (κ2) is 11.6. The highest BCUT2D eigenvalue weighted by Crippen LogP contribution is 2.26. The molecule has 0 saturated carbocycles. The van der Waals surface area contributed by atoms with Crippen LogP contribution in [0.15, 0.2) is 55.0 Å². The van der Waals surface area contributed by atoms with Crippen LogP contribution in [0.2, 0.25) is 0 Å². The molecule has 0 saturated heterocycles. The van der Waals surface area contributed by atoms with Crippen LogP contribution in [0.3, 0.4) is 0 Å². The number of nitrogens with zero attached hydrogens (tertiary/aromatic N) is 4. The number of fused-ring (bicyclic) bond motifs is 1. The summed E-state index contributed by atoms with van der Waals surface area (Å²) in [6.07, 6.45) is 3.75. The van der Waals surface area contributed by atoms with Crippen molar-refractivity contribution in [1.29, 1.82) is 0 Å². The summed E-state index contributed by atoms with van der Waals surface area (Å²) >= 11 is 5.67. The summed E-state index contributed by atoms with van der Waals surface area (Å²) in [5.41, 5.74) is 0.454. The number of halogens is 4. The fraction of sp³-hybridized carbons (Fsp3) is 0.182. The SMILES string of the molecule is Cl.O=C(Cn1ccc(Nc2ncnc3cc(OCCCCl)ccc23)n1)Nc1cccc(F)c1F. The van der Waals surface area contributed by atoms with Crippen molar-refractivity contribution in [3.05, 3.63) is 66.6 Å². The van der Waals surface area contributed by atoms with Gasteiger partial charge in [-0.3, -0.25) is 9.48 Å². The van der Waals surface area contributed by atoms with Crippen LogP contribution in [0.5, 0.6) is 5.75 Å². The zero-order chi connectivity index (χ0) is 23.2. The largest absolute Gasteiger partial charge is 0.493 e. The average Bonchev–Trinajstić information content (AvgIpc) is 3.23. The second-order valence-corrected chi connectivity index (χ2v) is 7.34. The Labute approximate surface area is 204 Å². The lowest BCUT2D eigenvalue weighted by Crippen LogP contribution is -2.20.